The summed E-state index contributed by atoms with van der Waals surface area (Å²) in [5, 5.41) is 3.27. The number of hydrogen-bond acceptors (Lipinski definition) is 6. The number of nitrogens with one attached hydrogen (secondary N) is 1. The van der Waals surface area contributed by atoms with Gasteiger partial charge in [-0.25, -0.2) is 4.79 Å². The Labute approximate surface area is 174 Å². The molecule has 0 aliphatic carbocycles. The molecule has 3 N–H and O–H groups in total. The van der Waals surface area contributed by atoms with E-state index < -0.39 is 17.1 Å². The molecule has 3 rings (SSSR count). The van der Waals surface area contributed by atoms with Gasteiger partial charge in [0.25, 0.3) is 5.91 Å². The highest BCUT2D eigenvalue weighted by Crippen LogP contribution is 2.36. The Kier molecular flexibility index (Phi) is 5.85. The molecule has 0 spiro atoms. The van der Waals surface area contributed by atoms with Gasteiger partial charge in [0, 0.05) is 16.6 Å². The van der Waals surface area contributed by atoms with E-state index in [4.69, 9.17) is 19.6 Å². The third-order valence-electron chi connectivity index (χ3n) is 4.53. The molecule has 1 amide bonds. The predicted octanol–water partition coefficient (Wildman–Crippen LogP) is 4.03. The summed E-state index contributed by atoms with van der Waals surface area (Å²) in [4.78, 5) is 25.2. The Morgan fingerprint density at radius 3 is 2.37 bits per heavy atom. The van der Waals surface area contributed by atoms with Gasteiger partial charge in [-0.3, -0.25) is 4.79 Å². The van der Waals surface area contributed by atoms with E-state index in [1.54, 1.807) is 24.3 Å². The molecule has 3 aromatic rings. The minimum atomic E-state index is -0.762. The normalized spacial score (nSPS) is 11.6. The first-order valence-corrected chi connectivity index (χ1v) is 9.62. The van der Waals surface area contributed by atoms with Crippen molar-refractivity contribution in [1.29, 1.82) is 0 Å². The Hall–Kier alpha value is -3.32. The maximum Gasteiger partial charge on any atom is 0.349 e. The third kappa shape index (κ3) is 4.46. The number of ether oxygens (including phenoxy) is 2. The number of methoxy groups -OCH3 is 1. The fraction of sp³-hybridized carbons (Fsp3) is 0.304. The van der Waals surface area contributed by atoms with Gasteiger partial charge in [0.05, 0.1) is 13.2 Å². The first-order chi connectivity index (χ1) is 14.1. The van der Waals surface area contributed by atoms with Gasteiger partial charge >= 0.3 is 5.63 Å². The zero-order valence-corrected chi connectivity index (χ0v) is 17.7. The van der Waals surface area contributed by atoms with Crippen LogP contribution in [0.3, 0.4) is 0 Å². The number of anilines is 1. The van der Waals surface area contributed by atoms with Crippen LogP contribution < -0.4 is 26.1 Å². The molecule has 0 radical (unpaired) electrons. The highest BCUT2D eigenvalue weighted by molar-refractivity contribution is 6.05. The van der Waals surface area contributed by atoms with Crippen LogP contribution in [0.5, 0.6) is 11.5 Å². The lowest BCUT2D eigenvalue weighted by atomic mass is 9.95. The van der Waals surface area contributed by atoms with Crippen LogP contribution in [0.25, 0.3) is 11.0 Å². The minimum absolute atomic E-state index is 0.105. The molecule has 0 saturated carbocycles. The van der Waals surface area contributed by atoms with Crippen molar-refractivity contribution in [3.8, 4) is 11.5 Å². The predicted molar refractivity (Wildman–Crippen MR) is 116 cm³/mol. The molecule has 0 bridgehead atoms. The number of carbonyl (C=O) groups is 1. The first kappa shape index (κ1) is 21.4. The molecular weight excluding hydrogens is 384 g/mol. The molecule has 158 valence electrons. The largest absolute Gasteiger partial charge is 0.493 e. The summed E-state index contributed by atoms with van der Waals surface area (Å²) in [6.45, 7) is 7.50. The molecule has 0 saturated heterocycles. The number of hydrogen-bond donors (Lipinski definition) is 2. The average Bonchev–Trinajstić information content (AvgIpc) is 2.67. The summed E-state index contributed by atoms with van der Waals surface area (Å²) in [7, 11) is 1.51. The molecule has 7 heteroatoms. The summed E-state index contributed by atoms with van der Waals surface area (Å²) in [5.41, 5.74) is 6.43. The molecule has 30 heavy (non-hydrogen) atoms. The van der Waals surface area contributed by atoms with Crippen molar-refractivity contribution in [1.82, 2.24) is 0 Å². The number of benzene rings is 2. The maximum absolute atomic E-state index is 12.7. The second-order valence-electron chi connectivity index (χ2n) is 7.88. The molecule has 1 heterocycles. The lowest BCUT2D eigenvalue weighted by Crippen LogP contribution is -2.28. The smallest absolute Gasteiger partial charge is 0.349 e. The number of nitrogens with two attached hydrogens (primary N) is 1. The van der Waals surface area contributed by atoms with E-state index in [1.807, 2.05) is 39.8 Å². The van der Waals surface area contributed by atoms with E-state index in [0.717, 1.165) is 5.56 Å². The Balaban J connectivity index is 1.95. The van der Waals surface area contributed by atoms with Gasteiger partial charge in [-0.15, -0.1) is 0 Å². The zero-order valence-electron chi connectivity index (χ0n) is 17.7. The monoisotopic (exact) mass is 410 g/mol. The van der Waals surface area contributed by atoms with Crippen LogP contribution in [-0.2, 0) is 5.54 Å². The van der Waals surface area contributed by atoms with Gasteiger partial charge in [0.1, 0.15) is 5.56 Å². The lowest BCUT2D eigenvalue weighted by Gasteiger charge is -2.19. The second kappa shape index (κ2) is 8.20. The number of amides is 1. The Morgan fingerprint density at radius 2 is 1.80 bits per heavy atom. The van der Waals surface area contributed by atoms with E-state index in [2.05, 4.69) is 5.32 Å². The van der Waals surface area contributed by atoms with Crippen LogP contribution in [0.2, 0.25) is 0 Å². The van der Waals surface area contributed by atoms with Crippen LogP contribution >= 0.6 is 0 Å². The topological polar surface area (TPSA) is 104 Å². The van der Waals surface area contributed by atoms with Gasteiger partial charge < -0.3 is 24.9 Å². The average molecular weight is 410 g/mol. The van der Waals surface area contributed by atoms with Gasteiger partial charge in [-0.2, -0.15) is 0 Å². The molecular formula is C23H26N2O5. The summed E-state index contributed by atoms with van der Waals surface area (Å²) >= 11 is 0. The van der Waals surface area contributed by atoms with Gasteiger partial charge in [-0.1, -0.05) is 12.1 Å². The van der Waals surface area contributed by atoms with Crippen molar-refractivity contribution in [2.75, 3.05) is 12.4 Å². The van der Waals surface area contributed by atoms with Crippen LogP contribution in [0, 0.1) is 0 Å². The highest BCUT2D eigenvalue weighted by atomic mass is 16.5. The van der Waals surface area contributed by atoms with E-state index >= 15 is 0 Å². The molecule has 7 nitrogen and oxygen atoms in total. The van der Waals surface area contributed by atoms with Crippen LogP contribution in [0.4, 0.5) is 5.69 Å². The van der Waals surface area contributed by atoms with Crippen molar-refractivity contribution < 1.29 is 18.7 Å². The summed E-state index contributed by atoms with van der Waals surface area (Å²) in [5.74, 6) is 0.209. The standard InChI is InChI=1S/C23H26N2O5/c1-13(2)29-20-18(28-5)11-6-14-12-17(22(27)30-19(14)20)21(26)25-16-9-7-15(8-10-16)23(3,4)24/h6-13H,24H2,1-5H3,(H,25,26). The molecule has 1 aromatic heterocycles. The quantitative estimate of drug-likeness (QED) is 0.595. The number of fused-ring (bicyclic) bond motifs is 1. The van der Waals surface area contributed by atoms with Crippen LogP contribution in [0.15, 0.2) is 51.7 Å². The van der Waals surface area contributed by atoms with Crippen molar-refractivity contribution in [2.24, 2.45) is 5.73 Å². The third-order valence-corrected chi connectivity index (χ3v) is 4.53. The molecule has 0 atom stereocenters. The van der Waals surface area contributed by atoms with E-state index in [1.165, 1.54) is 13.2 Å². The Bertz CT molecular complexity index is 1130. The first-order valence-electron chi connectivity index (χ1n) is 9.62. The summed E-state index contributed by atoms with van der Waals surface area (Å²) in [6.07, 6.45) is -0.153. The van der Waals surface area contributed by atoms with Gasteiger partial charge in [-0.05, 0) is 63.6 Å². The SMILES string of the molecule is COc1ccc2cc(C(=O)Nc3ccc(C(C)(C)N)cc3)c(=O)oc2c1OC(C)C. The molecule has 2 aromatic carbocycles. The highest BCUT2D eigenvalue weighted by Gasteiger charge is 2.20. The lowest BCUT2D eigenvalue weighted by molar-refractivity contribution is 0.102. The van der Waals surface area contributed by atoms with Crippen molar-refractivity contribution in [2.45, 2.75) is 39.3 Å². The van der Waals surface area contributed by atoms with E-state index in [0.29, 0.717) is 22.6 Å². The number of carbonyl (C=O) groups excluding carboxylic acids is 1. The van der Waals surface area contributed by atoms with Crippen molar-refractivity contribution in [3.63, 3.8) is 0 Å². The van der Waals surface area contributed by atoms with Gasteiger partial charge in [0.15, 0.2) is 11.3 Å². The molecule has 0 aliphatic heterocycles. The zero-order chi connectivity index (χ0) is 22.1. The van der Waals surface area contributed by atoms with Gasteiger partial charge in [0.2, 0.25) is 5.75 Å². The summed E-state index contributed by atoms with van der Waals surface area (Å²) in [6, 6.07) is 12.0. The summed E-state index contributed by atoms with van der Waals surface area (Å²) < 4.78 is 16.5. The number of rotatable bonds is 6. The van der Waals surface area contributed by atoms with Crippen LogP contribution in [-0.4, -0.2) is 19.1 Å². The molecule has 0 fully saturated rings. The van der Waals surface area contributed by atoms with E-state index in [-0.39, 0.29) is 17.3 Å². The van der Waals surface area contributed by atoms with Crippen molar-refractivity contribution >= 4 is 22.6 Å². The van der Waals surface area contributed by atoms with Crippen molar-refractivity contribution in [3.05, 3.63) is 64.0 Å². The molecule has 0 aliphatic rings. The molecule has 0 unspecified atom stereocenters. The van der Waals surface area contributed by atoms with E-state index in [9.17, 15) is 9.59 Å². The minimum Gasteiger partial charge on any atom is -0.493 e. The fourth-order valence-corrected chi connectivity index (χ4v) is 2.99. The Morgan fingerprint density at radius 1 is 1.13 bits per heavy atom. The maximum atomic E-state index is 12.7. The fourth-order valence-electron chi connectivity index (χ4n) is 2.99. The van der Waals surface area contributed by atoms with Crippen LogP contribution in [0.1, 0.15) is 43.6 Å². The second-order valence-corrected chi connectivity index (χ2v) is 7.88.